The molecule has 0 aliphatic heterocycles. The van der Waals surface area contributed by atoms with Gasteiger partial charge >= 0.3 is 0 Å². The number of carbonyl (C=O) groups is 1. The minimum atomic E-state index is 0.170. The summed E-state index contributed by atoms with van der Waals surface area (Å²) in [6, 6.07) is 16.6. The van der Waals surface area contributed by atoms with Gasteiger partial charge < -0.3 is 0 Å². The summed E-state index contributed by atoms with van der Waals surface area (Å²) in [4.78, 5) is 12.7. The molecule has 0 bridgehead atoms. The fraction of sp³-hybridized carbons (Fsp3) is 0.105. The Morgan fingerprint density at radius 3 is 2.00 bits per heavy atom. The highest BCUT2D eigenvalue weighted by Crippen LogP contribution is 2.43. The number of benzene rings is 3. The van der Waals surface area contributed by atoms with Gasteiger partial charge in [0.1, 0.15) is 0 Å². The minimum absolute atomic E-state index is 0.170. The number of rotatable bonds is 0. The lowest BCUT2D eigenvalue weighted by Gasteiger charge is -2.20. The van der Waals surface area contributed by atoms with Gasteiger partial charge in [0.15, 0.2) is 5.78 Å². The van der Waals surface area contributed by atoms with E-state index in [1.165, 1.54) is 27.5 Å². The molecule has 3 aromatic rings. The minimum Gasteiger partial charge on any atom is -0.289 e. The van der Waals surface area contributed by atoms with E-state index in [9.17, 15) is 4.79 Å². The van der Waals surface area contributed by atoms with Crippen LogP contribution < -0.4 is 0 Å². The topological polar surface area (TPSA) is 17.1 Å². The first-order chi connectivity index (χ1) is 9.84. The maximum absolute atomic E-state index is 12.7. The van der Waals surface area contributed by atoms with Gasteiger partial charge in [0.25, 0.3) is 0 Å². The second kappa shape index (κ2) is 3.37. The first-order valence-corrected chi connectivity index (χ1v) is 7.06. The van der Waals surface area contributed by atoms with Gasteiger partial charge in [-0.15, -0.1) is 0 Å². The van der Waals surface area contributed by atoms with E-state index in [4.69, 9.17) is 0 Å². The summed E-state index contributed by atoms with van der Waals surface area (Å²) in [5, 5.41) is 2.52. The Morgan fingerprint density at radius 1 is 0.600 bits per heavy atom. The summed E-state index contributed by atoms with van der Waals surface area (Å²) in [5.41, 5.74) is 6.81. The number of hydrogen-bond acceptors (Lipinski definition) is 1. The van der Waals surface area contributed by atoms with Gasteiger partial charge in [0, 0.05) is 16.5 Å². The molecule has 94 valence electrons. The fourth-order valence-corrected chi connectivity index (χ4v) is 3.80. The van der Waals surface area contributed by atoms with Crippen molar-refractivity contribution in [2.75, 3.05) is 0 Å². The monoisotopic (exact) mass is 256 g/mol. The van der Waals surface area contributed by atoms with E-state index in [0.29, 0.717) is 0 Å². The molecule has 5 rings (SSSR count). The van der Waals surface area contributed by atoms with E-state index >= 15 is 0 Å². The van der Waals surface area contributed by atoms with E-state index in [2.05, 4.69) is 24.3 Å². The first-order valence-electron chi connectivity index (χ1n) is 7.06. The molecule has 0 fully saturated rings. The lowest BCUT2D eigenvalue weighted by atomic mass is 9.82. The molecule has 0 amide bonds. The van der Waals surface area contributed by atoms with Crippen LogP contribution in [0.2, 0.25) is 0 Å². The van der Waals surface area contributed by atoms with Crippen LogP contribution in [-0.2, 0) is 12.8 Å². The molecule has 0 saturated carbocycles. The Hall–Kier alpha value is -2.41. The van der Waals surface area contributed by atoms with Gasteiger partial charge in [0.2, 0.25) is 0 Å². The summed E-state index contributed by atoms with van der Waals surface area (Å²) >= 11 is 0. The lowest BCUT2D eigenvalue weighted by molar-refractivity contribution is 0.104. The largest absolute Gasteiger partial charge is 0.289 e. The third-order valence-corrected chi connectivity index (χ3v) is 4.70. The number of aryl methyl sites for hydroxylation is 2. The summed E-state index contributed by atoms with van der Waals surface area (Å²) in [7, 11) is 0. The normalized spacial score (nSPS) is 14.7. The zero-order chi connectivity index (χ0) is 13.3. The van der Waals surface area contributed by atoms with E-state index in [0.717, 1.165) is 29.5 Å². The van der Waals surface area contributed by atoms with Crippen LogP contribution in [0.1, 0.15) is 27.0 Å². The van der Waals surface area contributed by atoms with Crippen LogP contribution in [0, 0.1) is 0 Å². The van der Waals surface area contributed by atoms with Crippen LogP contribution in [0.5, 0.6) is 0 Å². The van der Waals surface area contributed by atoms with Crippen LogP contribution >= 0.6 is 0 Å². The van der Waals surface area contributed by atoms with Crippen LogP contribution in [0.25, 0.3) is 21.9 Å². The van der Waals surface area contributed by atoms with Crippen LogP contribution in [-0.4, -0.2) is 5.78 Å². The second-order valence-electron chi connectivity index (χ2n) is 5.67. The van der Waals surface area contributed by atoms with E-state index in [-0.39, 0.29) is 5.78 Å². The quantitative estimate of drug-likeness (QED) is 0.462. The molecule has 0 spiro atoms. The van der Waals surface area contributed by atoms with Crippen molar-refractivity contribution >= 4 is 16.6 Å². The molecular formula is C19H12O. The van der Waals surface area contributed by atoms with E-state index < -0.39 is 0 Å². The Bertz CT molecular complexity index is 908. The SMILES string of the molecule is O=C1c2ccccc2-c2ccc3c4c(ccc1c24)CC3. The zero-order valence-corrected chi connectivity index (χ0v) is 10.9. The molecule has 0 atom stereocenters. The van der Waals surface area contributed by atoms with Gasteiger partial charge in [-0.2, -0.15) is 0 Å². The highest BCUT2D eigenvalue weighted by molar-refractivity contribution is 6.26. The van der Waals surface area contributed by atoms with Crippen molar-refractivity contribution in [3.63, 3.8) is 0 Å². The third-order valence-electron chi connectivity index (χ3n) is 4.70. The number of fused-ring (bicyclic) bond motifs is 2. The van der Waals surface area contributed by atoms with Gasteiger partial charge in [0.05, 0.1) is 0 Å². The molecule has 20 heavy (non-hydrogen) atoms. The predicted molar refractivity (Wildman–Crippen MR) is 80.2 cm³/mol. The molecule has 3 aromatic carbocycles. The molecule has 1 heteroatoms. The third kappa shape index (κ3) is 1.07. The Morgan fingerprint density at radius 2 is 1.25 bits per heavy atom. The van der Waals surface area contributed by atoms with Gasteiger partial charge in [-0.05, 0) is 40.5 Å². The molecule has 2 aliphatic rings. The lowest BCUT2D eigenvalue weighted by Crippen LogP contribution is -2.10. The summed E-state index contributed by atoms with van der Waals surface area (Å²) < 4.78 is 0. The number of hydrogen-bond donors (Lipinski definition) is 0. The Kier molecular flexibility index (Phi) is 1.75. The molecule has 0 saturated heterocycles. The standard InChI is InChI=1S/C19H12O/c20-19-15-4-2-1-3-13(15)14-9-7-11-5-6-12-8-10-16(19)18(14)17(11)12/h1-4,7-10H,5-6H2. The van der Waals surface area contributed by atoms with Crippen molar-refractivity contribution in [1.29, 1.82) is 0 Å². The Labute approximate surface area is 116 Å². The number of carbonyl (C=O) groups excluding carboxylic acids is 1. The Balaban J connectivity index is 2.07. The summed E-state index contributed by atoms with van der Waals surface area (Å²) in [6.45, 7) is 0. The highest BCUT2D eigenvalue weighted by Gasteiger charge is 2.28. The predicted octanol–water partition coefficient (Wildman–Crippen LogP) is 4.15. The molecule has 2 aliphatic carbocycles. The molecule has 0 unspecified atom stereocenters. The van der Waals surface area contributed by atoms with Crippen molar-refractivity contribution in [3.05, 3.63) is 70.8 Å². The van der Waals surface area contributed by atoms with Crippen molar-refractivity contribution in [2.24, 2.45) is 0 Å². The average molecular weight is 256 g/mol. The van der Waals surface area contributed by atoms with Gasteiger partial charge in [-0.1, -0.05) is 48.5 Å². The van der Waals surface area contributed by atoms with Crippen molar-refractivity contribution in [1.82, 2.24) is 0 Å². The maximum Gasteiger partial charge on any atom is 0.194 e. The van der Waals surface area contributed by atoms with Crippen LogP contribution in [0.15, 0.2) is 48.5 Å². The van der Waals surface area contributed by atoms with Crippen LogP contribution in [0.3, 0.4) is 0 Å². The smallest absolute Gasteiger partial charge is 0.194 e. The van der Waals surface area contributed by atoms with Crippen molar-refractivity contribution in [3.8, 4) is 11.1 Å². The molecule has 0 aromatic heterocycles. The highest BCUT2D eigenvalue weighted by atomic mass is 16.1. The van der Waals surface area contributed by atoms with Gasteiger partial charge in [-0.3, -0.25) is 4.79 Å². The average Bonchev–Trinajstić information content (AvgIpc) is 2.92. The fourth-order valence-electron chi connectivity index (χ4n) is 3.80. The number of ketones is 1. The van der Waals surface area contributed by atoms with Crippen molar-refractivity contribution < 1.29 is 4.79 Å². The molecule has 0 N–H and O–H groups in total. The molecular weight excluding hydrogens is 244 g/mol. The summed E-state index contributed by atoms with van der Waals surface area (Å²) in [6.07, 6.45) is 2.21. The van der Waals surface area contributed by atoms with Crippen molar-refractivity contribution in [2.45, 2.75) is 12.8 Å². The second-order valence-corrected chi connectivity index (χ2v) is 5.67. The van der Waals surface area contributed by atoms with Gasteiger partial charge in [-0.25, -0.2) is 0 Å². The zero-order valence-electron chi connectivity index (χ0n) is 10.9. The molecule has 1 nitrogen and oxygen atoms in total. The summed E-state index contributed by atoms with van der Waals surface area (Å²) in [5.74, 6) is 0.170. The van der Waals surface area contributed by atoms with E-state index in [1.54, 1.807) is 0 Å². The van der Waals surface area contributed by atoms with E-state index in [1.807, 2.05) is 24.3 Å². The first kappa shape index (κ1) is 10.4. The van der Waals surface area contributed by atoms with Crippen LogP contribution in [0.4, 0.5) is 0 Å². The molecule has 0 heterocycles. The molecule has 0 radical (unpaired) electrons. The maximum atomic E-state index is 12.7.